The molecular formula is C16H22N2O2. The predicted molar refractivity (Wildman–Crippen MR) is 80.4 cm³/mol. The van der Waals surface area contributed by atoms with Crippen LogP contribution in [-0.4, -0.2) is 11.8 Å². The second-order valence-corrected chi connectivity index (χ2v) is 6.59. The summed E-state index contributed by atoms with van der Waals surface area (Å²) in [6.45, 7) is 7.69. The lowest BCUT2D eigenvalue weighted by Crippen LogP contribution is -2.27. The molecule has 4 heteroatoms. The van der Waals surface area contributed by atoms with E-state index in [0.717, 1.165) is 17.8 Å². The number of nitrogens with one attached hydrogen (secondary N) is 2. The van der Waals surface area contributed by atoms with Gasteiger partial charge in [-0.05, 0) is 36.6 Å². The molecule has 0 heterocycles. The van der Waals surface area contributed by atoms with Gasteiger partial charge in [0.2, 0.25) is 11.8 Å². The van der Waals surface area contributed by atoms with E-state index in [0.29, 0.717) is 5.92 Å². The van der Waals surface area contributed by atoms with Crippen molar-refractivity contribution in [1.82, 2.24) is 0 Å². The van der Waals surface area contributed by atoms with Crippen LogP contribution in [0.15, 0.2) is 24.3 Å². The average Bonchev–Trinajstić information content (AvgIpc) is 3.08. The van der Waals surface area contributed by atoms with Gasteiger partial charge in [0.25, 0.3) is 0 Å². The Hall–Kier alpha value is -1.84. The zero-order valence-corrected chi connectivity index (χ0v) is 12.5. The number of carbonyl (C=O) groups excluding carboxylic acids is 2. The quantitative estimate of drug-likeness (QED) is 0.888. The van der Waals surface area contributed by atoms with Gasteiger partial charge in [-0.3, -0.25) is 9.59 Å². The SMILES string of the molecule is CC1CC1C(=O)Nc1ccc(NC(=O)C(C)(C)C)cc1. The Morgan fingerprint density at radius 2 is 1.50 bits per heavy atom. The summed E-state index contributed by atoms with van der Waals surface area (Å²) in [4.78, 5) is 23.6. The largest absolute Gasteiger partial charge is 0.326 e. The van der Waals surface area contributed by atoms with Gasteiger partial charge in [0, 0.05) is 22.7 Å². The van der Waals surface area contributed by atoms with Crippen molar-refractivity contribution >= 4 is 23.2 Å². The summed E-state index contributed by atoms with van der Waals surface area (Å²) in [6, 6.07) is 7.22. The van der Waals surface area contributed by atoms with Crippen LogP contribution in [-0.2, 0) is 9.59 Å². The number of anilines is 2. The highest BCUT2D eigenvalue weighted by Gasteiger charge is 2.39. The Labute approximate surface area is 119 Å². The van der Waals surface area contributed by atoms with Crippen LogP contribution in [0.25, 0.3) is 0 Å². The molecule has 4 nitrogen and oxygen atoms in total. The number of benzene rings is 1. The Kier molecular flexibility index (Phi) is 3.84. The van der Waals surface area contributed by atoms with Crippen LogP contribution in [0, 0.1) is 17.3 Å². The molecule has 1 aliphatic carbocycles. The Morgan fingerprint density at radius 3 is 1.90 bits per heavy atom. The van der Waals surface area contributed by atoms with Gasteiger partial charge in [-0.15, -0.1) is 0 Å². The highest BCUT2D eigenvalue weighted by Crippen LogP contribution is 2.38. The number of amides is 2. The zero-order chi connectivity index (χ0) is 14.9. The Morgan fingerprint density at radius 1 is 1.05 bits per heavy atom. The molecular weight excluding hydrogens is 252 g/mol. The molecule has 108 valence electrons. The monoisotopic (exact) mass is 274 g/mol. The number of carbonyl (C=O) groups is 2. The summed E-state index contributed by atoms with van der Waals surface area (Å²) < 4.78 is 0. The van der Waals surface area contributed by atoms with Crippen LogP contribution in [0.5, 0.6) is 0 Å². The smallest absolute Gasteiger partial charge is 0.229 e. The third-order valence-electron chi connectivity index (χ3n) is 3.54. The molecule has 0 spiro atoms. The van der Waals surface area contributed by atoms with Crippen molar-refractivity contribution in [2.45, 2.75) is 34.1 Å². The van der Waals surface area contributed by atoms with Crippen molar-refractivity contribution in [3.63, 3.8) is 0 Å². The molecule has 0 aliphatic heterocycles. The lowest BCUT2D eigenvalue weighted by Gasteiger charge is -2.17. The zero-order valence-electron chi connectivity index (χ0n) is 12.5. The first kappa shape index (κ1) is 14.6. The molecule has 0 bridgehead atoms. The second-order valence-electron chi connectivity index (χ2n) is 6.59. The molecule has 1 saturated carbocycles. The van der Waals surface area contributed by atoms with E-state index in [1.54, 1.807) is 12.1 Å². The minimum Gasteiger partial charge on any atom is -0.326 e. The highest BCUT2D eigenvalue weighted by molar-refractivity contribution is 5.96. The van der Waals surface area contributed by atoms with Crippen LogP contribution in [0.4, 0.5) is 11.4 Å². The van der Waals surface area contributed by atoms with Crippen molar-refractivity contribution in [3.8, 4) is 0 Å². The molecule has 0 saturated heterocycles. The van der Waals surface area contributed by atoms with Gasteiger partial charge in [0.1, 0.15) is 0 Å². The molecule has 0 aromatic heterocycles. The summed E-state index contributed by atoms with van der Waals surface area (Å²) in [7, 11) is 0. The molecule has 1 aliphatic rings. The first-order valence-electron chi connectivity index (χ1n) is 7.00. The minimum absolute atomic E-state index is 0.0268. The molecule has 2 amide bonds. The van der Waals surface area contributed by atoms with Crippen molar-refractivity contribution in [2.75, 3.05) is 10.6 Å². The van der Waals surface area contributed by atoms with Gasteiger partial charge in [-0.25, -0.2) is 0 Å². The molecule has 1 fully saturated rings. The van der Waals surface area contributed by atoms with Crippen molar-refractivity contribution < 1.29 is 9.59 Å². The topological polar surface area (TPSA) is 58.2 Å². The fraction of sp³-hybridized carbons (Fsp3) is 0.500. The Bertz CT molecular complexity index is 514. The van der Waals surface area contributed by atoms with E-state index in [1.807, 2.05) is 32.9 Å². The van der Waals surface area contributed by atoms with E-state index in [-0.39, 0.29) is 17.7 Å². The maximum Gasteiger partial charge on any atom is 0.229 e. The molecule has 2 rings (SSSR count). The van der Waals surface area contributed by atoms with Crippen LogP contribution >= 0.6 is 0 Å². The van der Waals surface area contributed by atoms with Gasteiger partial charge in [0.15, 0.2) is 0 Å². The normalized spacial score (nSPS) is 21.2. The molecule has 2 N–H and O–H groups in total. The molecule has 1 aromatic carbocycles. The predicted octanol–water partition coefficient (Wildman–Crippen LogP) is 3.27. The van der Waals surface area contributed by atoms with E-state index in [2.05, 4.69) is 17.6 Å². The number of hydrogen-bond acceptors (Lipinski definition) is 2. The lowest BCUT2D eigenvalue weighted by atomic mass is 9.95. The third-order valence-corrected chi connectivity index (χ3v) is 3.54. The van der Waals surface area contributed by atoms with Gasteiger partial charge in [-0.1, -0.05) is 27.7 Å². The summed E-state index contributed by atoms with van der Waals surface area (Å²) in [6.07, 6.45) is 0.978. The van der Waals surface area contributed by atoms with Crippen molar-refractivity contribution in [2.24, 2.45) is 17.3 Å². The van der Waals surface area contributed by atoms with Crippen molar-refractivity contribution in [1.29, 1.82) is 0 Å². The molecule has 2 unspecified atom stereocenters. The van der Waals surface area contributed by atoms with E-state index < -0.39 is 5.41 Å². The fourth-order valence-corrected chi connectivity index (χ4v) is 1.88. The first-order chi connectivity index (χ1) is 9.27. The van der Waals surface area contributed by atoms with Crippen LogP contribution in [0.1, 0.15) is 34.1 Å². The highest BCUT2D eigenvalue weighted by atomic mass is 16.2. The minimum atomic E-state index is -0.422. The molecule has 20 heavy (non-hydrogen) atoms. The molecule has 1 aromatic rings. The third kappa shape index (κ3) is 3.59. The van der Waals surface area contributed by atoms with Gasteiger partial charge >= 0.3 is 0 Å². The first-order valence-corrected chi connectivity index (χ1v) is 7.00. The summed E-state index contributed by atoms with van der Waals surface area (Å²) in [5.74, 6) is 0.723. The van der Waals surface area contributed by atoms with Gasteiger partial charge in [-0.2, -0.15) is 0 Å². The maximum absolute atomic E-state index is 11.8. The molecule has 0 radical (unpaired) electrons. The average molecular weight is 274 g/mol. The summed E-state index contributed by atoms with van der Waals surface area (Å²) in [5, 5.41) is 5.75. The Balaban J connectivity index is 1.93. The van der Waals surface area contributed by atoms with E-state index in [4.69, 9.17) is 0 Å². The van der Waals surface area contributed by atoms with Crippen molar-refractivity contribution in [3.05, 3.63) is 24.3 Å². The second kappa shape index (κ2) is 5.27. The number of rotatable bonds is 3. The van der Waals surface area contributed by atoms with Crippen LogP contribution in [0.2, 0.25) is 0 Å². The fourth-order valence-electron chi connectivity index (χ4n) is 1.88. The standard InChI is InChI=1S/C16H22N2O2/c1-10-9-13(10)14(19)17-11-5-7-12(8-6-11)18-15(20)16(2,3)4/h5-8,10,13H,9H2,1-4H3,(H,17,19)(H,18,20). The van der Waals surface area contributed by atoms with Crippen LogP contribution < -0.4 is 10.6 Å². The van der Waals surface area contributed by atoms with E-state index in [9.17, 15) is 9.59 Å². The van der Waals surface area contributed by atoms with Crippen LogP contribution in [0.3, 0.4) is 0 Å². The summed E-state index contributed by atoms with van der Waals surface area (Å²) in [5.41, 5.74) is 1.08. The van der Waals surface area contributed by atoms with E-state index in [1.165, 1.54) is 0 Å². The molecule has 2 atom stereocenters. The number of hydrogen-bond donors (Lipinski definition) is 2. The lowest BCUT2D eigenvalue weighted by molar-refractivity contribution is -0.123. The van der Waals surface area contributed by atoms with Gasteiger partial charge in [0.05, 0.1) is 0 Å². The summed E-state index contributed by atoms with van der Waals surface area (Å²) >= 11 is 0. The van der Waals surface area contributed by atoms with E-state index >= 15 is 0 Å². The van der Waals surface area contributed by atoms with Gasteiger partial charge < -0.3 is 10.6 Å². The maximum atomic E-state index is 11.8.